The Labute approximate surface area is 124 Å². The molecule has 3 aliphatic carbocycles. The fraction of sp³-hybridized carbons (Fsp3) is 0.500. The van der Waals surface area contributed by atoms with Crippen molar-refractivity contribution in [3.8, 4) is 0 Å². The predicted octanol–water partition coefficient (Wildman–Crippen LogP) is 3.12. The lowest BCUT2D eigenvalue weighted by atomic mass is 9.63. The molecule has 1 spiro atoms. The summed E-state index contributed by atoms with van der Waals surface area (Å²) < 4.78 is 0. The van der Waals surface area contributed by atoms with Gasteiger partial charge in [-0.05, 0) is 60.8 Å². The second-order valence-corrected chi connectivity index (χ2v) is 7.16. The van der Waals surface area contributed by atoms with Gasteiger partial charge in [0.15, 0.2) is 0 Å². The fourth-order valence-corrected chi connectivity index (χ4v) is 5.40. The average Bonchev–Trinajstić information content (AvgIpc) is 2.79. The number of carboxylic acids is 1. The average molecular weight is 284 g/mol. The molecular weight excluding hydrogens is 264 g/mol. The number of benzene rings is 1. The van der Waals surface area contributed by atoms with Gasteiger partial charge in [-0.1, -0.05) is 24.8 Å². The Hall–Kier alpha value is -1.61. The molecule has 3 heteroatoms. The summed E-state index contributed by atoms with van der Waals surface area (Å²) >= 11 is 0. The maximum absolute atomic E-state index is 12.1. The number of fused-ring (bicyclic) bond motifs is 3. The Balaban J connectivity index is 1.98. The van der Waals surface area contributed by atoms with Crippen LogP contribution in [0.1, 0.15) is 54.2 Å². The van der Waals surface area contributed by atoms with Crippen LogP contribution < -0.4 is 0 Å². The Morgan fingerprint density at radius 2 is 2.19 bits per heavy atom. The van der Waals surface area contributed by atoms with Crippen LogP contribution in [0.15, 0.2) is 30.4 Å². The van der Waals surface area contributed by atoms with Crippen LogP contribution >= 0.6 is 0 Å². The zero-order valence-electron chi connectivity index (χ0n) is 12.2. The number of aliphatic hydroxyl groups is 1. The highest BCUT2D eigenvalue weighted by molar-refractivity contribution is 5.81. The van der Waals surface area contributed by atoms with Gasteiger partial charge in [-0.25, -0.2) is 0 Å². The molecule has 3 nitrogen and oxygen atoms in total. The lowest BCUT2D eigenvalue weighted by Gasteiger charge is -2.41. The molecule has 1 unspecified atom stereocenters. The quantitative estimate of drug-likeness (QED) is 0.779. The van der Waals surface area contributed by atoms with E-state index in [0.29, 0.717) is 19.3 Å². The van der Waals surface area contributed by atoms with Crippen molar-refractivity contribution < 1.29 is 15.0 Å². The summed E-state index contributed by atoms with van der Waals surface area (Å²) in [7, 11) is 0. The lowest BCUT2D eigenvalue weighted by Crippen LogP contribution is -2.39. The van der Waals surface area contributed by atoms with Crippen molar-refractivity contribution in [3.05, 3.63) is 47.0 Å². The lowest BCUT2D eigenvalue weighted by molar-refractivity contribution is -0.143. The molecule has 110 valence electrons. The van der Waals surface area contributed by atoms with Crippen molar-refractivity contribution >= 4 is 5.97 Å². The van der Waals surface area contributed by atoms with Crippen molar-refractivity contribution in [3.63, 3.8) is 0 Å². The largest absolute Gasteiger partial charge is 0.481 e. The van der Waals surface area contributed by atoms with Crippen LogP contribution in [0.3, 0.4) is 0 Å². The molecule has 3 aliphatic rings. The maximum Gasteiger partial charge on any atom is 0.311 e. The molecule has 4 rings (SSSR count). The van der Waals surface area contributed by atoms with Crippen LogP contribution in [0, 0.1) is 12.3 Å². The van der Waals surface area contributed by atoms with E-state index in [9.17, 15) is 15.0 Å². The Kier molecular flexibility index (Phi) is 2.35. The summed E-state index contributed by atoms with van der Waals surface area (Å²) in [5, 5.41) is 20.7. The van der Waals surface area contributed by atoms with E-state index in [1.54, 1.807) is 0 Å². The number of hydrogen-bond acceptors (Lipinski definition) is 2. The van der Waals surface area contributed by atoms with Crippen LogP contribution in [0.2, 0.25) is 0 Å². The number of carboxylic acid groups (broad SMARTS) is 1. The van der Waals surface area contributed by atoms with Crippen molar-refractivity contribution in [2.24, 2.45) is 5.41 Å². The first-order valence-corrected chi connectivity index (χ1v) is 7.62. The first-order chi connectivity index (χ1) is 9.89. The van der Waals surface area contributed by atoms with Gasteiger partial charge in [-0.3, -0.25) is 4.79 Å². The van der Waals surface area contributed by atoms with Crippen molar-refractivity contribution in [2.45, 2.75) is 50.0 Å². The van der Waals surface area contributed by atoms with Gasteiger partial charge in [-0.15, -0.1) is 0 Å². The highest BCUT2D eigenvalue weighted by Crippen LogP contribution is 2.71. The maximum atomic E-state index is 12.1. The van der Waals surface area contributed by atoms with Gasteiger partial charge < -0.3 is 10.2 Å². The number of carbonyl (C=O) groups is 1. The number of aryl methyl sites for hydroxylation is 1. The van der Waals surface area contributed by atoms with Gasteiger partial charge in [0.2, 0.25) is 0 Å². The normalized spacial score (nSPS) is 40.0. The zero-order chi connectivity index (χ0) is 15.0. The topological polar surface area (TPSA) is 57.5 Å². The zero-order valence-corrected chi connectivity index (χ0v) is 12.2. The molecule has 0 radical (unpaired) electrons. The molecule has 2 saturated carbocycles. The van der Waals surface area contributed by atoms with E-state index in [4.69, 9.17) is 0 Å². The van der Waals surface area contributed by atoms with E-state index in [2.05, 4.69) is 12.6 Å². The van der Waals surface area contributed by atoms with Crippen LogP contribution in [-0.2, 0) is 4.79 Å². The molecule has 4 atom stereocenters. The molecule has 2 bridgehead atoms. The van der Waals surface area contributed by atoms with E-state index in [-0.39, 0.29) is 11.3 Å². The minimum absolute atomic E-state index is 0.244. The fourth-order valence-electron chi connectivity index (χ4n) is 5.40. The van der Waals surface area contributed by atoms with Crippen LogP contribution in [-0.4, -0.2) is 21.8 Å². The summed E-state index contributed by atoms with van der Waals surface area (Å²) in [6.07, 6.45) is 2.75. The SMILES string of the molecule is C=C1C[C@]23CC1(O)CC[C@H]2c1cccc(C)c1[C@@H]3C(=O)O. The van der Waals surface area contributed by atoms with Crippen molar-refractivity contribution in [2.75, 3.05) is 0 Å². The number of rotatable bonds is 1. The van der Waals surface area contributed by atoms with Gasteiger partial charge in [0, 0.05) is 5.41 Å². The number of aliphatic carboxylic acids is 1. The first kappa shape index (κ1) is 13.1. The third-order valence-electron chi connectivity index (χ3n) is 6.21. The Morgan fingerprint density at radius 1 is 1.43 bits per heavy atom. The van der Waals surface area contributed by atoms with E-state index in [0.717, 1.165) is 23.1 Å². The van der Waals surface area contributed by atoms with Gasteiger partial charge in [0.1, 0.15) is 0 Å². The van der Waals surface area contributed by atoms with E-state index < -0.39 is 17.5 Å². The van der Waals surface area contributed by atoms with Gasteiger partial charge >= 0.3 is 5.97 Å². The predicted molar refractivity (Wildman–Crippen MR) is 79.3 cm³/mol. The van der Waals surface area contributed by atoms with Crippen molar-refractivity contribution in [1.82, 2.24) is 0 Å². The van der Waals surface area contributed by atoms with Crippen LogP contribution in [0.5, 0.6) is 0 Å². The van der Waals surface area contributed by atoms with Gasteiger partial charge in [0.25, 0.3) is 0 Å². The molecule has 0 amide bonds. The summed E-state index contributed by atoms with van der Waals surface area (Å²) in [6.45, 7) is 6.06. The summed E-state index contributed by atoms with van der Waals surface area (Å²) in [5.74, 6) is -1.02. The van der Waals surface area contributed by atoms with Crippen LogP contribution in [0.25, 0.3) is 0 Å². The molecule has 21 heavy (non-hydrogen) atoms. The minimum Gasteiger partial charge on any atom is -0.481 e. The highest BCUT2D eigenvalue weighted by Gasteiger charge is 2.66. The molecule has 0 saturated heterocycles. The molecule has 0 aromatic heterocycles. The standard InChI is InChI=1S/C18H20O3/c1-10-4-3-5-12-13-6-7-18(21)9-17(13,8-11(18)2)15(14(10)12)16(19)20/h3-5,13,15,21H,2,6-9H2,1H3,(H,19,20)/t13-,15+,17-,18?/m0/s1. The number of hydrogen-bond donors (Lipinski definition) is 2. The highest BCUT2D eigenvalue weighted by atomic mass is 16.4. The molecular formula is C18H20O3. The smallest absolute Gasteiger partial charge is 0.311 e. The second kappa shape index (κ2) is 3.77. The summed E-state index contributed by atoms with van der Waals surface area (Å²) in [6, 6.07) is 6.11. The van der Waals surface area contributed by atoms with E-state index in [1.165, 1.54) is 5.56 Å². The third kappa shape index (κ3) is 1.40. The molecule has 2 fully saturated rings. The van der Waals surface area contributed by atoms with Gasteiger partial charge in [0.05, 0.1) is 11.5 Å². The monoisotopic (exact) mass is 284 g/mol. The first-order valence-electron chi connectivity index (χ1n) is 7.62. The molecule has 1 aromatic rings. The second-order valence-electron chi connectivity index (χ2n) is 7.16. The summed E-state index contributed by atoms with van der Waals surface area (Å²) in [4.78, 5) is 12.1. The minimum atomic E-state index is -0.847. The Morgan fingerprint density at radius 3 is 2.90 bits per heavy atom. The van der Waals surface area contributed by atoms with Crippen molar-refractivity contribution in [1.29, 1.82) is 0 Å². The Bertz CT molecular complexity index is 677. The molecule has 0 heterocycles. The van der Waals surface area contributed by atoms with E-state index in [1.807, 2.05) is 19.1 Å². The molecule has 1 aromatic carbocycles. The van der Waals surface area contributed by atoms with Crippen LogP contribution in [0.4, 0.5) is 0 Å². The van der Waals surface area contributed by atoms with Gasteiger partial charge in [-0.2, -0.15) is 0 Å². The summed E-state index contributed by atoms with van der Waals surface area (Å²) in [5.41, 5.74) is 2.87. The molecule has 2 N–H and O–H groups in total. The third-order valence-corrected chi connectivity index (χ3v) is 6.21. The molecule has 0 aliphatic heterocycles. The van der Waals surface area contributed by atoms with E-state index >= 15 is 0 Å².